The molecule has 5 nitrogen and oxygen atoms in total. The molecule has 2 N–H and O–H groups in total. The van der Waals surface area contributed by atoms with Gasteiger partial charge < -0.3 is 24.6 Å². The van der Waals surface area contributed by atoms with Crippen molar-refractivity contribution >= 4 is 0 Å². The summed E-state index contributed by atoms with van der Waals surface area (Å²) < 4.78 is 16.3. The van der Waals surface area contributed by atoms with E-state index in [-0.39, 0.29) is 12.1 Å². The summed E-state index contributed by atoms with van der Waals surface area (Å²) in [6, 6.07) is 9.77. The zero-order chi connectivity index (χ0) is 13.7. The SMILES string of the molecule is CNC1C(COCc2ccccc2)OC(OC)C1O. The van der Waals surface area contributed by atoms with Crippen LogP contribution in [0.2, 0.25) is 0 Å². The quantitative estimate of drug-likeness (QED) is 0.787. The van der Waals surface area contributed by atoms with E-state index in [1.165, 1.54) is 7.11 Å². The predicted octanol–water partition coefficient (Wildman–Crippen LogP) is 0.523. The van der Waals surface area contributed by atoms with Crippen molar-refractivity contribution in [3.8, 4) is 0 Å². The Hall–Kier alpha value is -0.980. The van der Waals surface area contributed by atoms with Crippen LogP contribution in [-0.4, -0.2) is 50.4 Å². The first-order valence-electron chi connectivity index (χ1n) is 6.41. The highest BCUT2D eigenvalue weighted by atomic mass is 16.7. The van der Waals surface area contributed by atoms with Crippen molar-refractivity contribution in [2.75, 3.05) is 20.8 Å². The topological polar surface area (TPSA) is 60.0 Å². The molecule has 1 heterocycles. The Morgan fingerprint density at radius 2 is 2.05 bits per heavy atom. The van der Waals surface area contributed by atoms with E-state index in [2.05, 4.69) is 5.32 Å². The molecule has 0 aliphatic carbocycles. The van der Waals surface area contributed by atoms with Gasteiger partial charge >= 0.3 is 0 Å². The van der Waals surface area contributed by atoms with Gasteiger partial charge in [-0.2, -0.15) is 0 Å². The molecule has 0 aromatic heterocycles. The minimum absolute atomic E-state index is 0.180. The standard InChI is InChI=1S/C14H21NO4/c1-15-12-11(19-14(17-2)13(12)16)9-18-8-10-6-4-3-5-7-10/h3-7,11-16H,8-9H2,1-2H3. The molecule has 1 aliphatic heterocycles. The van der Waals surface area contributed by atoms with Crippen LogP contribution in [0, 0.1) is 0 Å². The number of aliphatic hydroxyl groups is 1. The van der Waals surface area contributed by atoms with Gasteiger partial charge in [0.1, 0.15) is 12.2 Å². The Morgan fingerprint density at radius 3 is 2.68 bits per heavy atom. The molecule has 4 atom stereocenters. The van der Waals surface area contributed by atoms with Gasteiger partial charge in [-0.25, -0.2) is 0 Å². The molecular weight excluding hydrogens is 246 g/mol. The summed E-state index contributed by atoms with van der Waals surface area (Å²) in [4.78, 5) is 0. The molecule has 2 rings (SSSR count). The molecule has 0 amide bonds. The monoisotopic (exact) mass is 267 g/mol. The second-order valence-corrected chi connectivity index (χ2v) is 4.58. The van der Waals surface area contributed by atoms with Crippen molar-refractivity contribution in [2.45, 2.75) is 31.1 Å². The van der Waals surface area contributed by atoms with Gasteiger partial charge in [-0.05, 0) is 12.6 Å². The molecule has 1 fully saturated rings. The third-order valence-corrected chi connectivity index (χ3v) is 3.32. The summed E-state index contributed by atoms with van der Waals surface area (Å²) in [5.74, 6) is 0. The molecule has 5 heteroatoms. The first-order chi connectivity index (χ1) is 9.26. The van der Waals surface area contributed by atoms with Gasteiger partial charge in [0, 0.05) is 7.11 Å². The van der Waals surface area contributed by atoms with Crippen molar-refractivity contribution in [2.24, 2.45) is 0 Å². The Morgan fingerprint density at radius 1 is 1.32 bits per heavy atom. The predicted molar refractivity (Wildman–Crippen MR) is 70.6 cm³/mol. The second-order valence-electron chi connectivity index (χ2n) is 4.58. The average molecular weight is 267 g/mol. The Kier molecular flexibility index (Phi) is 5.30. The largest absolute Gasteiger partial charge is 0.386 e. The van der Waals surface area contributed by atoms with E-state index in [0.717, 1.165) is 5.56 Å². The van der Waals surface area contributed by atoms with Crippen LogP contribution in [0.15, 0.2) is 30.3 Å². The van der Waals surface area contributed by atoms with E-state index in [4.69, 9.17) is 14.2 Å². The lowest BCUT2D eigenvalue weighted by Crippen LogP contribution is -2.44. The molecule has 1 aliphatic rings. The molecule has 0 bridgehead atoms. The molecular formula is C14H21NO4. The highest BCUT2D eigenvalue weighted by molar-refractivity contribution is 5.13. The number of aliphatic hydroxyl groups excluding tert-OH is 1. The smallest absolute Gasteiger partial charge is 0.185 e. The first-order valence-corrected chi connectivity index (χ1v) is 6.41. The number of hydrogen-bond acceptors (Lipinski definition) is 5. The van der Waals surface area contributed by atoms with Gasteiger partial charge in [-0.15, -0.1) is 0 Å². The lowest BCUT2D eigenvalue weighted by atomic mass is 10.1. The lowest BCUT2D eigenvalue weighted by molar-refractivity contribution is -0.156. The van der Waals surface area contributed by atoms with E-state index in [9.17, 15) is 5.11 Å². The highest BCUT2D eigenvalue weighted by Crippen LogP contribution is 2.22. The van der Waals surface area contributed by atoms with Crippen LogP contribution in [0.3, 0.4) is 0 Å². The molecule has 1 aromatic rings. The van der Waals surface area contributed by atoms with Crippen molar-refractivity contribution in [3.05, 3.63) is 35.9 Å². The lowest BCUT2D eigenvalue weighted by Gasteiger charge is -2.19. The van der Waals surface area contributed by atoms with Crippen LogP contribution in [0.1, 0.15) is 5.56 Å². The average Bonchev–Trinajstić information content (AvgIpc) is 2.75. The van der Waals surface area contributed by atoms with Crippen LogP contribution in [0.25, 0.3) is 0 Å². The molecule has 0 radical (unpaired) electrons. The summed E-state index contributed by atoms with van der Waals surface area (Å²) in [5.41, 5.74) is 1.12. The minimum Gasteiger partial charge on any atom is -0.386 e. The summed E-state index contributed by atoms with van der Waals surface area (Å²) in [6.07, 6.45) is -1.49. The van der Waals surface area contributed by atoms with Crippen LogP contribution in [0.4, 0.5) is 0 Å². The highest BCUT2D eigenvalue weighted by Gasteiger charge is 2.43. The number of hydrogen-bond donors (Lipinski definition) is 2. The number of methoxy groups -OCH3 is 1. The van der Waals surface area contributed by atoms with Gasteiger partial charge in [0.05, 0.1) is 19.3 Å². The van der Waals surface area contributed by atoms with Crippen LogP contribution < -0.4 is 5.32 Å². The zero-order valence-electron chi connectivity index (χ0n) is 11.3. The molecule has 19 heavy (non-hydrogen) atoms. The van der Waals surface area contributed by atoms with Crippen molar-refractivity contribution in [1.82, 2.24) is 5.32 Å². The van der Waals surface area contributed by atoms with Gasteiger partial charge in [-0.1, -0.05) is 30.3 Å². The number of rotatable bonds is 6. The molecule has 1 saturated heterocycles. The Bertz CT molecular complexity index is 373. The minimum atomic E-state index is -0.680. The third-order valence-electron chi connectivity index (χ3n) is 3.32. The fourth-order valence-electron chi connectivity index (χ4n) is 2.29. The number of ether oxygens (including phenoxy) is 3. The van der Waals surface area contributed by atoms with Crippen LogP contribution >= 0.6 is 0 Å². The number of benzene rings is 1. The normalized spacial score (nSPS) is 30.7. The summed E-state index contributed by atoms with van der Waals surface area (Å²) >= 11 is 0. The fourth-order valence-corrected chi connectivity index (χ4v) is 2.29. The van der Waals surface area contributed by atoms with E-state index in [0.29, 0.717) is 13.2 Å². The Labute approximate surface area is 113 Å². The van der Waals surface area contributed by atoms with Crippen molar-refractivity contribution in [1.29, 1.82) is 0 Å². The van der Waals surface area contributed by atoms with Crippen LogP contribution in [0.5, 0.6) is 0 Å². The third kappa shape index (κ3) is 3.52. The summed E-state index contributed by atoms with van der Waals surface area (Å²) in [5, 5.41) is 13.0. The maximum Gasteiger partial charge on any atom is 0.185 e. The fraction of sp³-hybridized carbons (Fsp3) is 0.571. The van der Waals surface area contributed by atoms with Gasteiger partial charge in [-0.3, -0.25) is 0 Å². The zero-order valence-corrected chi connectivity index (χ0v) is 11.3. The number of likely N-dealkylation sites (N-methyl/N-ethyl adjacent to an activating group) is 1. The van der Waals surface area contributed by atoms with Crippen molar-refractivity contribution in [3.63, 3.8) is 0 Å². The summed E-state index contributed by atoms with van der Waals surface area (Å²) in [6.45, 7) is 0.947. The van der Waals surface area contributed by atoms with E-state index >= 15 is 0 Å². The maximum absolute atomic E-state index is 9.97. The maximum atomic E-state index is 9.97. The molecule has 0 saturated carbocycles. The first kappa shape index (κ1) is 14.4. The van der Waals surface area contributed by atoms with Crippen LogP contribution in [-0.2, 0) is 20.8 Å². The summed E-state index contributed by atoms with van der Waals surface area (Å²) in [7, 11) is 3.31. The number of nitrogens with one attached hydrogen (secondary N) is 1. The van der Waals surface area contributed by atoms with E-state index < -0.39 is 12.4 Å². The van der Waals surface area contributed by atoms with E-state index in [1.807, 2.05) is 30.3 Å². The van der Waals surface area contributed by atoms with Crippen molar-refractivity contribution < 1.29 is 19.3 Å². The second kappa shape index (κ2) is 6.98. The van der Waals surface area contributed by atoms with Gasteiger partial charge in [0.2, 0.25) is 0 Å². The van der Waals surface area contributed by atoms with Gasteiger partial charge in [0.15, 0.2) is 6.29 Å². The van der Waals surface area contributed by atoms with E-state index in [1.54, 1.807) is 7.05 Å². The molecule has 106 valence electrons. The Balaban J connectivity index is 1.82. The molecule has 4 unspecified atom stereocenters. The molecule has 1 aromatic carbocycles. The molecule has 0 spiro atoms. The van der Waals surface area contributed by atoms with Gasteiger partial charge in [0.25, 0.3) is 0 Å².